The van der Waals surface area contributed by atoms with E-state index in [0.29, 0.717) is 5.69 Å². The Kier molecular flexibility index (Phi) is 5.12. The monoisotopic (exact) mass is 385 g/mol. The lowest BCUT2D eigenvalue weighted by molar-refractivity contribution is -0.153. The molecule has 0 spiro atoms. The van der Waals surface area contributed by atoms with E-state index < -0.39 is 35.8 Å². The number of amides is 1. The van der Waals surface area contributed by atoms with Crippen molar-refractivity contribution >= 4 is 28.7 Å². The second kappa shape index (κ2) is 7.51. The molecule has 10 heteroatoms. The summed E-state index contributed by atoms with van der Waals surface area (Å²) in [4.78, 5) is 53.4. The van der Waals surface area contributed by atoms with Gasteiger partial charge in [0.05, 0.1) is 6.33 Å². The first-order valence-corrected chi connectivity index (χ1v) is 8.46. The second-order valence-corrected chi connectivity index (χ2v) is 6.25. The molecule has 0 fully saturated rings. The largest absolute Gasteiger partial charge is 0.451 e. The summed E-state index contributed by atoms with van der Waals surface area (Å²) in [6, 6.07) is 8.69. The number of anilines is 1. The van der Waals surface area contributed by atoms with Crippen LogP contribution in [0, 0.1) is 0 Å². The predicted octanol–water partition coefficient (Wildman–Crippen LogP) is 0.00410. The third-order valence-corrected chi connectivity index (χ3v) is 4.21. The number of nitrogens with one attached hydrogen (secondary N) is 1. The Balaban J connectivity index is 1.76. The van der Waals surface area contributed by atoms with Gasteiger partial charge in [0.15, 0.2) is 17.3 Å². The number of rotatable bonds is 5. The first kappa shape index (κ1) is 19.1. The number of nitrogens with zero attached hydrogens (tertiary/aromatic N) is 4. The van der Waals surface area contributed by atoms with Crippen molar-refractivity contribution in [3.05, 3.63) is 57.5 Å². The molecule has 0 aliphatic heterocycles. The van der Waals surface area contributed by atoms with Gasteiger partial charge >= 0.3 is 11.7 Å². The number of esters is 1. The maximum atomic E-state index is 12.6. The molecule has 0 aliphatic rings. The zero-order chi connectivity index (χ0) is 20.4. The minimum atomic E-state index is -1.10. The third-order valence-electron chi connectivity index (χ3n) is 4.21. The van der Waals surface area contributed by atoms with Crippen molar-refractivity contribution in [2.24, 2.45) is 14.1 Å². The summed E-state index contributed by atoms with van der Waals surface area (Å²) >= 11 is 0. The van der Waals surface area contributed by atoms with Crippen LogP contribution >= 0.6 is 0 Å². The highest BCUT2D eigenvalue weighted by atomic mass is 16.5. The van der Waals surface area contributed by atoms with Crippen LogP contribution in [-0.2, 0) is 35.0 Å². The van der Waals surface area contributed by atoms with Gasteiger partial charge in [0.1, 0.15) is 6.54 Å². The van der Waals surface area contributed by atoms with Gasteiger partial charge in [0.2, 0.25) is 0 Å². The van der Waals surface area contributed by atoms with Gasteiger partial charge in [-0.3, -0.25) is 19.0 Å². The van der Waals surface area contributed by atoms with E-state index in [4.69, 9.17) is 4.74 Å². The maximum absolute atomic E-state index is 12.6. The van der Waals surface area contributed by atoms with Crippen LogP contribution in [0.15, 0.2) is 46.2 Å². The highest BCUT2D eigenvalue weighted by Gasteiger charge is 2.21. The number of imidazole rings is 1. The van der Waals surface area contributed by atoms with Crippen molar-refractivity contribution in [3.63, 3.8) is 0 Å². The molecule has 0 saturated carbocycles. The number of ether oxygens (including phenoxy) is 1. The van der Waals surface area contributed by atoms with Crippen LogP contribution in [-0.4, -0.2) is 36.7 Å². The van der Waals surface area contributed by atoms with E-state index in [-0.39, 0.29) is 11.2 Å². The highest BCUT2D eigenvalue weighted by Crippen LogP contribution is 2.07. The molecule has 1 aromatic carbocycles. The van der Waals surface area contributed by atoms with Gasteiger partial charge in [-0.15, -0.1) is 0 Å². The number of hydrogen-bond donors (Lipinski definition) is 1. The average molecular weight is 385 g/mol. The fourth-order valence-electron chi connectivity index (χ4n) is 2.72. The molecule has 28 heavy (non-hydrogen) atoms. The second-order valence-electron chi connectivity index (χ2n) is 6.25. The lowest BCUT2D eigenvalue weighted by Crippen LogP contribution is -2.42. The van der Waals surface area contributed by atoms with Crippen molar-refractivity contribution in [2.45, 2.75) is 19.6 Å². The van der Waals surface area contributed by atoms with Gasteiger partial charge in [0, 0.05) is 19.8 Å². The number of carbonyl (C=O) groups is 2. The smallest absolute Gasteiger partial charge is 0.333 e. The van der Waals surface area contributed by atoms with Gasteiger partial charge in [-0.1, -0.05) is 18.2 Å². The van der Waals surface area contributed by atoms with E-state index in [1.807, 2.05) is 0 Å². The summed E-state index contributed by atoms with van der Waals surface area (Å²) < 4.78 is 8.48. The van der Waals surface area contributed by atoms with E-state index in [1.165, 1.54) is 29.4 Å². The Labute approximate surface area is 159 Å². The van der Waals surface area contributed by atoms with Crippen LogP contribution < -0.4 is 16.6 Å². The number of aromatic nitrogens is 4. The molecule has 146 valence electrons. The van der Waals surface area contributed by atoms with Crippen molar-refractivity contribution in [1.82, 2.24) is 18.7 Å². The van der Waals surface area contributed by atoms with Crippen LogP contribution in [0.1, 0.15) is 6.92 Å². The summed E-state index contributed by atoms with van der Waals surface area (Å²) in [7, 11) is 3.06. The number of aryl methyl sites for hydroxylation is 2. The molecule has 1 unspecified atom stereocenters. The summed E-state index contributed by atoms with van der Waals surface area (Å²) in [5, 5.41) is 2.61. The van der Waals surface area contributed by atoms with Crippen molar-refractivity contribution in [1.29, 1.82) is 0 Å². The van der Waals surface area contributed by atoms with Crippen LogP contribution in [0.4, 0.5) is 5.69 Å². The maximum Gasteiger partial charge on any atom is 0.333 e. The molecule has 1 atom stereocenters. The van der Waals surface area contributed by atoms with Crippen molar-refractivity contribution < 1.29 is 14.3 Å². The normalized spacial score (nSPS) is 12.0. The lowest BCUT2D eigenvalue weighted by atomic mass is 10.3. The number of hydrogen-bond acceptors (Lipinski definition) is 6. The van der Waals surface area contributed by atoms with Crippen molar-refractivity contribution in [2.75, 3.05) is 5.32 Å². The molecule has 3 rings (SSSR count). The molecular formula is C18H19N5O5. The summed E-state index contributed by atoms with van der Waals surface area (Å²) in [5.74, 6) is -1.40. The van der Waals surface area contributed by atoms with E-state index in [1.54, 1.807) is 37.4 Å². The number of benzene rings is 1. The zero-order valence-electron chi connectivity index (χ0n) is 15.6. The van der Waals surface area contributed by atoms with Crippen LogP contribution in [0.2, 0.25) is 0 Å². The van der Waals surface area contributed by atoms with Gasteiger partial charge in [0.25, 0.3) is 11.5 Å². The molecule has 0 aliphatic carbocycles. The average Bonchev–Trinajstić information content (AvgIpc) is 3.06. The quantitative estimate of drug-likeness (QED) is 0.618. The van der Waals surface area contributed by atoms with E-state index in [2.05, 4.69) is 10.3 Å². The van der Waals surface area contributed by atoms with E-state index in [9.17, 15) is 19.2 Å². The predicted molar refractivity (Wildman–Crippen MR) is 101 cm³/mol. The highest BCUT2D eigenvalue weighted by molar-refractivity contribution is 5.95. The Hall–Kier alpha value is -3.69. The molecule has 0 bridgehead atoms. The fraction of sp³-hybridized carbons (Fsp3) is 0.278. The zero-order valence-corrected chi connectivity index (χ0v) is 15.6. The number of carbonyl (C=O) groups excluding carboxylic acids is 2. The minimum absolute atomic E-state index is 0.185. The molecule has 0 saturated heterocycles. The molecule has 2 heterocycles. The minimum Gasteiger partial charge on any atom is -0.451 e. The van der Waals surface area contributed by atoms with Gasteiger partial charge in [-0.2, -0.15) is 0 Å². The SMILES string of the molecule is CC(OC(=O)Cn1c(=O)c2c(ncn2C)n(C)c1=O)C(=O)Nc1ccccc1. The molecular weight excluding hydrogens is 366 g/mol. The van der Waals surface area contributed by atoms with Crippen LogP contribution in [0.5, 0.6) is 0 Å². The first-order valence-electron chi connectivity index (χ1n) is 8.46. The Morgan fingerprint density at radius 1 is 1.18 bits per heavy atom. The van der Waals surface area contributed by atoms with E-state index in [0.717, 1.165) is 4.57 Å². The molecule has 1 amide bonds. The molecule has 1 N–H and O–H groups in total. The summed E-state index contributed by atoms with van der Waals surface area (Å²) in [6.45, 7) is 0.789. The summed E-state index contributed by atoms with van der Waals surface area (Å²) in [6.07, 6.45) is 0.303. The Bertz CT molecular complexity index is 1160. The molecule has 10 nitrogen and oxygen atoms in total. The Morgan fingerprint density at radius 3 is 2.54 bits per heavy atom. The first-order chi connectivity index (χ1) is 13.3. The molecule has 0 radical (unpaired) electrons. The van der Waals surface area contributed by atoms with Crippen LogP contribution in [0.3, 0.4) is 0 Å². The summed E-state index contributed by atoms with van der Waals surface area (Å²) in [5.41, 5.74) is -0.393. The standard InChI is InChI=1S/C18H19N5O5/c1-11(16(25)20-12-7-5-4-6-8-12)28-13(24)9-23-17(26)14-15(19-10-21(14)2)22(3)18(23)27/h4-8,10-11H,9H2,1-3H3,(H,20,25). The number of para-hydroxylation sites is 1. The molecule has 3 aromatic rings. The molecule has 2 aromatic heterocycles. The van der Waals surface area contributed by atoms with Gasteiger partial charge in [-0.25, -0.2) is 14.3 Å². The fourth-order valence-corrected chi connectivity index (χ4v) is 2.72. The van der Waals surface area contributed by atoms with Gasteiger partial charge in [-0.05, 0) is 19.1 Å². The number of fused-ring (bicyclic) bond motifs is 1. The van der Waals surface area contributed by atoms with Crippen LogP contribution in [0.25, 0.3) is 11.2 Å². The third kappa shape index (κ3) is 3.56. The van der Waals surface area contributed by atoms with Crippen molar-refractivity contribution in [3.8, 4) is 0 Å². The Morgan fingerprint density at radius 2 is 1.86 bits per heavy atom. The van der Waals surface area contributed by atoms with Gasteiger partial charge < -0.3 is 14.6 Å². The topological polar surface area (TPSA) is 117 Å². The van der Waals surface area contributed by atoms with E-state index >= 15 is 0 Å². The lowest BCUT2D eigenvalue weighted by Gasteiger charge is -2.14.